The van der Waals surface area contributed by atoms with Gasteiger partial charge in [-0.25, -0.2) is 18.4 Å². The summed E-state index contributed by atoms with van der Waals surface area (Å²) in [6.45, 7) is 2.10. The van der Waals surface area contributed by atoms with E-state index in [4.69, 9.17) is 42.9 Å². The molecule has 0 heterocycles. The van der Waals surface area contributed by atoms with Gasteiger partial charge in [-0.2, -0.15) is 13.2 Å². The number of benzene rings is 4. The van der Waals surface area contributed by atoms with Gasteiger partial charge >= 0.3 is 18.1 Å². The standard InChI is InChI=1S/C18H15Br2F4NO3.C18H18Cl2FNO3/c1-25-12-3-10(2-11(7-12)18(22,23)24)8-28-16-13(19)4-9(5-14(16)20)6-15(21)17(26)27;1-10-3-12(5-13(4-10)22-2)9-25-17-14(19)6-11(7-15(17)20)8-16(21)18(23)24/h2-5,7,15,25H,6,8H2,1H3,(H,26,27);3-7,16,22H,8-9H2,1-2H3,(H,23,24). The second-order valence-corrected chi connectivity index (χ2v) is 14.0. The summed E-state index contributed by atoms with van der Waals surface area (Å²) in [6.07, 6.45) is -9.18. The zero-order chi connectivity index (χ0) is 39.6. The van der Waals surface area contributed by atoms with Gasteiger partial charge in [-0.15, -0.1) is 0 Å². The van der Waals surface area contributed by atoms with Crippen LogP contribution in [0, 0.1) is 6.92 Å². The fraction of sp³-hybridized carbons (Fsp3) is 0.278. The van der Waals surface area contributed by atoms with Crippen LogP contribution in [0.1, 0.15) is 33.4 Å². The van der Waals surface area contributed by atoms with Gasteiger partial charge in [-0.3, -0.25) is 0 Å². The molecule has 0 spiro atoms. The summed E-state index contributed by atoms with van der Waals surface area (Å²) < 4.78 is 78.0. The van der Waals surface area contributed by atoms with Crippen molar-refractivity contribution >= 4 is 78.4 Å². The number of hydrogen-bond acceptors (Lipinski definition) is 6. The molecule has 0 fully saturated rings. The monoisotopic (exact) mass is 912 g/mol. The van der Waals surface area contributed by atoms with Gasteiger partial charge in [0.1, 0.15) is 19.0 Å². The molecule has 0 aliphatic heterocycles. The van der Waals surface area contributed by atoms with E-state index < -0.39 is 36.0 Å². The van der Waals surface area contributed by atoms with E-state index in [1.807, 2.05) is 32.2 Å². The molecular weight excluding hydrogens is 882 g/mol. The number of carboxylic acids is 2. The van der Waals surface area contributed by atoms with Gasteiger partial charge in [0.2, 0.25) is 12.3 Å². The molecule has 4 rings (SSSR count). The molecule has 17 heteroatoms. The molecule has 0 amide bonds. The zero-order valence-electron chi connectivity index (χ0n) is 28.2. The molecule has 0 aliphatic rings. The van der Waals surface area contributed by atoms with E-state index in [0.717, 1.165) is 28.9 Å². The Morgan fingerprint density at radius 1 is 0.698 bits per heavy atom. The number of rotatable bonds is 14. The third kappa shape index (κ3) is 13.2. The van der Waals surface area contributed by atoms with E-state index in [2.05, 4.69) is 42.5 Å². The summed E-state index contributed by atoms with van der Waals surface area (Å²) in [4.78, 5) is 21.3. The number of nitrogens with one attached hydrogen (secondary N) is 2. The van der Waals surface area contributed by atoms with Gasteiger partial charge in [0.25, 0.3) is 0 Å². The number of ether oxygens (including phenoxy) is 2. The summed E-state index contributed by atoms with van der Waals surface area (Å²) in [6, 6.07) is 15.4. The Labute approximate surface area is 328 Å². The van der Waals surface area contributed by atoms with Gasteiger partial charge in [0, 0.05) is 38.3 Å². The van der Waals surface area contributed by atoms with E-state index in [-0.39, 0.29) is 41.9 Å². The number of hydrogen-bond donors (Lipinski definition) is 4. The lowest BCUT2D eigenvalue weighted by molar-refractivity contribution is -0.143. The minimum atomic E-state index is -4.49. The topological polar surface area (TPSA) is 117 Å². The third-order valence-corrected chi connectivity index (χ3v) is 9.02. The molecule has 0 saturated carbocycles. The highest BCUT2D eigenvalue weighted by atomic mass is 79.9. The smallest absolute Gasteiger partial charge is 0.416 e. The van der Waals surface area contributed by atoms with Gasteiger partial charge < -0.3 is 30.3 Å². The molecule has 0 bridgehead atoms. The minimum Gasteiger partial charge on any atom is -0.487 e. The van der Waals surface area contributed by atoms with Crippen LogP contribution >= 0.6 is 55.1 Å². The van der Waals surface area contributed by atoms with Crippen LogP contribution in [-0.4, -0.2) is 48.6 Å². The Hall–Kier alpha value is -3.79. The van der Waals surface area contributed by atoms with Crippen molar-refractivity contribution in [2.45, 2.75) is 51.5 Å². The SMILES string of the molecule is CNc1cc(C)cc(COc2c(Cl)cc(CC(F)C(=O)O)cc2Cl)c1.CNc1cc(COc2c(Br)cc(CC(F)C(=O)O)cc2Br)cc(C(F)(F)F)c1. The maximum absolute atomic E-state index is 13.4. The lowest BCUT2D eigenvalue weighted by Crippen LogP contribution is -2.17. The molecule has 4 N–H and O–H groups in total. The molecule has 286 valence electrons. The Morgan fingerprint density at radius 2 is 1.13 bits per heavy atom. The molecule has 4 aromatic rings. The van der Waals surface area contributed by atoms with E-state index in [1.54, 1.807) is 0 Å². The molecule has 2 unspecified atom stereocenters. The number of carbonyl (C=O) groups is 2. The summed E-state index contributed by atoms with van der Waals surface area (Å²) in [5, 5.41) is 23.5. The number of carboxylic acid groups (broad SMARTS) is 2. The molecule has 4 aromatic carbocycles. The van der Waals surface area contributed by atoms with Crippen molar-refractivity contribution in [1.82, 2.24) is 0 Å². The number of anilines is 2. The average Bonchev–Trinajstić information content (AvgIpc) is 3.06. The first-order valence-corrected chi connectivity index (χ1v) is 17.8. The predicted molar refractivity (Wildman–Crippen MR) is 201 cm³/mol. The molecule has 8 nitrogen and oxygen atoms in total. The Balaban J connectivity index is 0.000000287. The number of aliphatic carboxylic acids is 2. The lowest BCUT2D eigenvalue weighted by atomic mass is 10.1. The van der Waals surface area contributed by atoms with Crippen LogP contribution in [0.4, 0.5) is 33.3 Å². The van der Waals surface area contributed by atoms with Crippen molar-refractivity contribution in [2.24, 2.45) is 0 Å². The molecule has 0 radical (unpaired) electrons. The molecule has 0 aromatic heterocycles. The van der Waals surface area contributed by atoms with E-state index in [1.165, 1.54) is 37.4 Å². The molecule has 2 atom stereocenters. The van der Waals surface area contributed by atoms with E-state index >= 15 is 0 Å². The van der Waals surface area contributed by atoms with Crippen LogP contribution < -0.4 is 20.1 Å². The van der Waals surface area contributed by atoms with Gasteiger partial charge in [0.05, 0.1) is 24.6 Å². The van der Waals surface area contributed by atoms with Crippen molar-refractivity contribution < 1.29 is 51.2 Å². The number of halogens is 9. The van der Waals surface area contributed by atoms with Crippen LogP contribution in [0.5, 0.6) is 11.5 Å². The quantitative estimate of drug-likeness (QED) is 0.0925. The highest BCUT2D eigenvalue weighted by Crippen LogP contribution is 2.38. The van der Waals surface area contributed by atoms with Crippen LogP contribution in [0.15, 0.2) is 69.6 Å². The Bertz CT molecular complexity index is 1890. The van der Waals surface area contributed by atoms with Crippen LogP contribution in [0.25, 0.3) is 0 Å². The van der Waals surface area contributed by atoms with Crippen LogP contribution in [0.3, 0.4) is 0 Å². The molecule has 53 heavy (non-hydrogen) atoms. The highest BCUT2D eigenvalue weighted by Gasteiger charge is 2.31. The molecule has 0 aliphatic carbocycles. The predicted octanol–water partition coefficient (Wildman–Crippen LogP) is 10.7. The van der Waals surface area contributed by atoms with Crippen LogP contribution in [0.2, 0.25) is 10.0 Å². The Kier molecular flexibility index (Phi) is 16.1. The maximum Gasteiger partial charge on any atom is 0.416 e. The molecular formula is C36H33Br2Cl2F5N2O6. The first kappa shape index (κ1) is 43.6. The fourth-order valence-electron chi connectivity index (χ4n) is 4.81. The third-order valence-electron chi connectivity index (χ3n) is 7.28. The number of aryl methyl sites for hydroxylation is 1. The minimum absolute atomic E-state index is 0.143. The van der Waals surface area contributed by atoms with Crippen molar-refractivity contribution in [1.29, 1.82) is 0 Å². The van der Waals surface area contributed by atoms with Crippen molar-refractivity contribution in [2.75, 3.05) is 24.7 Å². The second-order valence-electron chi connectivity index (χ2n) is 11.5. The van der Waals surface area contributed by atoms with Crippen molar-refractivity contribution in [3.8, 4) is 11.5 Å². The van der Waals surface area contributed by atoms with E-state index in [0.29, 0.717) is 37.1 Å². The van der Waals surface area contributed by atoms with Gasteiger partial charge in [-0.1, -0.05) is 29.3 Å². The summed E-state index contributed by atoms with van der Waals surface area (Å²) in [5.41, 5.74) is 3.60. The van der Waals surface area contributed by atoms with Crippen LogP contribution in [-0.2, 0) is 41.8 Å². The summed E-state index contributed by atoms with van der Waals surface area (Å²) in [7, 11) is 3.35. The second kappa shape index (κ2) is 19.5. The largest absolute Gasteiger partial charge is 0.487 e. The molecule has 0 saturated heterocycles. The van der Waals surface area contributed by atoms with Gasteiger partial charge in [0.15, 0.2) is 5.75 Å². The highest BCUT2D eigenvalue weighted by molar-refractivity contribution is 9.11. The summed E-state index contributed by atoms with van der Waals surface area (Å²) >= 11 is 18.8. The number of alkyl halides is 5. The zero-order valence-corrected chi connectivity index (χ0v) is 32.9. The van der Waals surface area contributed by atoms with Gasteiger partial charge in [-0.05, 0) is 121 Å². The first-order valence-electron chi connectivity index (χ1n) is 15.4. The van der Waals surface area contributed by atoms with E-state index in [9.17, 15) is 31.5 Å². The fourth-order valence-corrected chi connectivity index (χ4v) is 6.96. The first-order chi connectivity index (χ1) is 24.8. The maximum atomic E-state index is 13.4. The van der Waals surface area contributed by atoms with Crippen molar-refractivity contribution in [3.63, 3.8) is 0 Å². The lowest BCUT2D eigenvalue weighted by Gasteiger charge is -2.15. The Morgan fingerprint density at radius 3 is 1.58 bits per heavy atom. The normalized spacial score (nSPS) is 12.2. The summed E-state index contributed by atoms with van der Waals surface area (Å²) in [5.74, 6) is -2.49. The van der Waals surface area contributed by atoms with Crippen molar-refractivity contribution in [3.05, 3.63) is 113 Å². The average molecular weight is 915 g/mol.